The van der Waals surface area contributed by atoms with Crippen LogP contribution in [0.2, 0.25) is 0 Å². The van der Waals surface area contributed by atoms with Crippen LogP contribution in [0.3, 0.4) is 0 Å². The number of ether oxygens (including phenoxy) is 2. The molecule has 0 aliphatic heterocycles. The Balaban J connectivity index is 2.00. The molecule has 2 rings (SSSR count). The Bertz CT molecular complexity index is 726. The van der Waals surface area contributed by atoms with Crippen molar-refractivity contribution in [2.45, 2.75) is 25.7 Å². The highest BCUT2D eigenvalue weighted by molar-refractivity contribution is 5.78. The van der Waals surface area contributed by atoms with Gasteiger partial charge in [-0.25, -0.2) is 4.39 Å². The maximum atomic E-state index is 12.9. The molecule has 0 radical (unpaired) electrons. The monoisotopic (exact) mass is 345 g/mol. The van der Waals surface area contributed by atoms with Gasteiger partial charge in [0.15, 0.2) is 11.5 Å². The number of rotatable bonds is 7. The molecule has 1 N–H and O–H groups in total. The van der Waals surface area contributed by atoms with Gasteiger partial charge in [-0.15, -0.1) is 0 Å². The lowest BCUT2D eigenvalue weighted by molar-refractivity contribution is -0.120. The lowest BCUT2D eigenvalue weighted by Crippen LogP contribution is -2.37. The molecule has 0 aliphatic rings. The van der Waals surface area contributed by atoms with Crippen LogP contribution in [-0.4, -0.2) is 26.7 Å². The fourth-order valence-electron chi connectivity index (χ4n) is 2.53. The smallest absolute Gasteiger partial charge is 0.224 e. The number of benzene rings is 2. The van der Waals surface area contributed by atoms with Gasteiger partial charge >= 0.3 is 0 Å². The molecule has 0 unspecified atom stereocenters. The number of carbonyl (C=O) groups is 1. The molecule has 5 heteroatoms. The fraction of sp³-hybridized carbons (Fsp3) is 0.350. The van der Waals surface area contributed by atoms with Gasteiger partial charge < -0.3 is 14.8 Å². The molecular formula is C20H24FNO3. The number of hydrogen-bond donors (Lipinski definition) is 1. The van der Waals surface area contributed by atoms with Gasteiger partial charge in [0.05, 0.1) is 20.6 Å². The second-order valence-electron chi connectivity index (χ2n) is 6.53. The van der Waals surface area contributed by atoms with Gasteiger partial charge in [0.2, 0.25) is 5.91 Å². The average molecular weight is 345 g/mol. The molecule has 0 heterocycles. The van der Waals surface area contributed by atoms with Crippen molar-refractivity contribution in [3.63, 3.8) is 0 Å². The molecule has 2 aromatic rings. The van der Waals surface area contributed by atoms with Gasteiger partial charge in [-0.05, 0) is 35.4 Å². The third-order valence-corrected chi connectivity index (χ3v) is 4.17. The van der Waals surface area contributed by atoms with Crippen molar-refractivity contribution >= 4 is 5.91 Å². The first-order chi connectivity index (χ1) is 11.9. The van der Waals surface area contributed by atoms with Crippen molar-refractivity contribution < 1.29 is 18.7 Å². The predicted molar refractivity (Wildman–Crippen MR) is 95.7 cm³/mol. The molecule has 1 amide bonds. The van der Waals surface area contributed by atoms with Crippen molar-refractivity contribution in [1.29, 1.82) is 0 Å². The fourth-order valence-corrected chi connectivity index (χ4v) is 2.53. The largest absolute Gasteiger partial charge is 0.493 e. The Morgan fingerprint density at radius 1 is 1.04 bits per heavy atom. The van der Waals surface area contributed by atoms with E-state index in [2.05, 4.69) is 5.32 Å². The Morgan fingerprint density at radius 2 is 1.68 bits per heavy atom. The molecule has 0 aliphatic carbocycles. The average Bonchev–Trinajstić information content (AvgIpc) is 2.61. The van der Waals surface area contributed by atoms with Crippen molar-refractivity contribution in [3.05, 3.63) is 59.4 Å². The molecule has 0 fully saturated rings. The normalized spacial score (nSPS) is 11.1. The molecule has 2 aromatic carbocycles. The van der Waals surface area contributed by atoms with Crippen LogP contribution in [0.1, 0.15) is 25.0 Å². The quantitative estimate of drug-likeness (QED) is 0.836. The lowest BCUT2D eigenvalue weighted by Gasteiger charge is -2.26. The SMILES string of the molecule is COc1ccc(C(C)(C)CNC(=O)Cc2ccc(F)cc2)cc1OC. The van der Waals surface area contributed by atoms with Crippen LogP contribution < -0.4 is 14.8 Å². The summed E-state index contributed by atoms with van der Waals surface area (Å²) in [5.41, 5.74) is 1.54. The number of halogens is 1. The molecule has 0 aromatic heterocycles. The van der Waals surface area contributed by atoms with Crippen molar-refractivity contribution in [1.82, 2.24) is 5.32 Å². The van der Waals surface area contributed by atoms with E-state index in [9.17, 15) is 9.18 Å². The molecule has 134 valence electrons. The van der Waals surface area contributed by atoms with Crippen LogP contribution >= 0.6 is 0 Å². The standard InChI is InChI=1S/C20H24FNO3/c1-20(2,15-7-10-17(24-3)18(12-15)25-4)13-22-19(23)11-14-5-8-16(21)9-6-14/h5-10,12H,11,13H2,1-4H3,(H,22,23). The highest BCUT2D eigenvalue weighted by Crippen LogP contribution is 2.32. The molecule has 0 atom stereocenters. The number of nitrogens with one attached hydrogen (secondary N) is 1. The van der Waals surface area contributed by atoms with E-state index in [1.807, 2.05) is 32.0 Å². The van der Waals surface area contributed by atoms with Crippen LogP contribution in [0.5, 0.6) is 11.5 Å². The highest BCUT2D eigenvalue weighted by Gasteiger charge is 2.23. The summed E-state index contributed by atoms with van der Waals surface area (Å²) in [7, 11) is 3.19. The summed E-state index contributed by atoms with van der Waals surface area (Å²) in [5, 5.41) is 2.95. The predicted octanol–water partition coefficient (Wildman–Crippen LogP) is 3.48. The second-order valence-corrected chi connectivity index (χ2v) is 6.53. The van der Waals surface area contributed by atoms with Gasteiger partial charge in [-0.1, -0.05) is 32.0 Å². The van der Waals surface area contributed by atoms with E-state index in [0.717, 1.165) is 11.1 Å². The minimum Gasteiger partial charge on any atom is -0.493 e. The summed E-state index contributed by atoms with van der Waals surface area (Å²) < 4.78 is 23.5. The van der Waals surface area contributed by atoms with Gasteiger partial charge in [-0.3, -0.25) is 4.79 Å². The highest BCUT2D eigenvalue weighted by atomic mass is 19.1. The third-order valence-electron chi connectivity index (χ3n) is 4.17. The van der Waals surface area contributed by atoms with E-state index in [-0.39, 0.29) is 23.6 Å². The zero-order chi connectivity index (χ0) is 18.4. The van der Waals surface area contributed by atoms with Gasteiger partial charge in [0.1, 0.15) is 5.82 Å². The van der Waals surface area contributed by atoms with Crippen molar-refractivity contribution in [2.75, 3.05) is 20.8 Å². The minimum absolute atomic E-state index is 0.0971. The van der Waals surface area contributed by atoms with E-state index in [4.69, 9.17) is 9.47 Å². The third kappa shape index (κ3) is 4.95. The van der Waals surface area contributed by atoms with Gasteiger partial charge in [0.25, 0.3) is 0 Å². The Kier molecular flexibility index (Phi) is 6.02. The van der Waals surface area contributed by atoms with Crippen LogP contribution in [-0.2, 0) is 16.6 Å². The van der Waals surface area contributed by atoms with Gasteiger partial charge in [-0.2, -0.15) is 0 Å². The van der Waals surface area contributed by atoms with E-state index in [1.165, 1.54) is 12.1 Å². The first kappa shape index (κ1) is 18.8. The zero-order valence-electron chi connectivity index (χ0n) is 15.1. The van der Waals surface area contributed by atoms with Crippen molar-refractivity contribution in [3.8, 4) is 11.5 Å². The molecule has 0 saturated carbocycles. The Hall–Kier alpha value is -2.56. The summed E-state index contributed by atoms with van der Waals surface area (Å²) in [6, 6.07) is 11.7. The molecule has 0 bridgehead atoms. The Morgan fingerprint density at radius 3 is 2.28 bits per heavy atom. The number of methoxy groups -OCH3 is 2. The maximum Gasteiger partial charge on any atom is 0.224 e. The van der Waals surface area contributed by atoms with Crippen LogP contribution in [0.25, 0.3) is 0 Å². The second kappa shape index (κ2) is 8.01. The summed E-state index contributed by atoms with van der Waals surface area (Å²) in [4.78, 5) is 12.1. The number of hydrogen-bond acceptors (Lipinski definition) is 3. The number of carbonyl (C=O) groups excluding carboxylic acids is 1. The van der Waals surface area contributed by atoms with E-state index in [0.29, 0.717) is 18.0 Å². The van der Waals surface area contributed by atoms with Crippen LogP contribution in [0.15, 0.2) is 42.5 Å². The maximum absolute atomic E-state index is 12.9. The first-order valence-electron chi connectivity index (χ1n) is 8.09. The molecular weight excluding hydrogens is 321 g/mol. The number of amides is 1. The van der Waals surface area contributed by atoms with Crippen LogP contribution in [0.4, 0.5) is 4.39 Å². The molecule has 25 heavy (non-hydrogen) atoms. The Labute approximate surface area is 148 Å². The minimum atomic E-state index is -0.307. The van der Waals surface area contributed by atoms with Crippen molar-refractivity contribution in [2.24, 2.45) is 0 Å². The van der Waals surface area contributed by atoms with Crippen LogP contribution in [0, 0.1) is 5.82 Å². The molecule has 0 spiro atoms. The van der Waals surface area contributed by atoms with E-state index >= 15 is 0 Å². The first-order valence-corrected chi connectivity index (χ1v) is 8.09. The lowest BCUT2D eigenvalue weighted by atomic mass is 9.84. The van der Waals surface area contributed by atoms with E-state index in [1.54, 1.807) is 26.4 Å². The molecule has 4 nitrogen and oxygen atoms in total. The topological polar surface area (TPSA) is 47.6 Å². The summed E-state index contributed by atoms with van der Waals surface area (Å²) in [5.74, 6) is 0.923. The van der Waals surface area contributed by atoms with Gasteiger partial charge in [0, 0.05) is 12.0 Å². The summed E-state index contributed by atoms with van der Waals surface area (Å²) in [6.07, 6.45) is 0.224. The van der Waals surface area contributed by atoms with E-state index < -0.39 is 0 Å². The summed E-state index contributed by atoms with van der Waals surface area (Å²) >= 11 is 0. The zero-order valence-corrected chi connectivity index (χ0v) is 15.1. The summed E-state index contributed by atoms with van der Waals surface area (Å²) in [6.45, 7) is 4.57. The molecule has 0 saturated heterocycles.